The molecular weight excluding hydrogens is 214 g/mol. The van der Waals surface area contributed by atoms with Gasteiger partial charge in [-0.25, -0.2) is 0 Å². The zero-order valence-corrected chi connectivity index (χ0v) is 10.8. The highest BCUT2D eigenvalue weighted by Crippen LogP contribution is 2.05. The number of aromatic nitrogens is 1. The van der Waals surface area contributed by atoms with Crippen LogP contribution in [0.2, 0.25) is 0 Å². The molecule has 1 aromatic rings. The van der Waals surface area contributed by atoms with Gasteiger partial charge in [-0.15, -0.1) is 0 Å². The fourth-order valence-corrected chi connectivity index (χ4v) is 1.59. The first-order valence-electron chi connectivity index (χ1n) is 6.08. The number of aryl methyl sites for hydroxylation is 2. The van der Waals surface area contributed by atoms with Crippen LogP contribution in [-0.2, 0) is 0 Å². The third-order valence-corrected chi connectivity index (χ3v) is 2.48. The molecule has 0 fully saturated rings. The second kappa shape index (κ2) is 7.01. The smallest absolute Gasteiger partial charge is 0.253 e. The van der Waals surface area contributed by atoms with Gasteiger partial charge < -0.3 is 10.6 Å². The molecule has 0 saturated heterocycles. The Balaban J connectivity index is 2.42. The highest BCUT2D eigenvalue weighted by molar-refractivity contribution is 5.95. The summed E-state index contributed by atoms with van der Waals surface area (Å²) in [6.07, 6.45) is 1.11. The summed E-state index contributed by atoms with van der Waals surface area (Å²) in [5.74, 6) is -0.0479. The number of hydrogen-bond donors (Lipinski definition) is 2. The van der Waals surface area contributed by atoms with Crippen LogP contribution in [0.25, 0.3) is 0 Å². The minimum absolute atomic E-state index is 0.0479. The Morgan fingerprint density at radius 3 is 2.65 bits per heavy atom. The Hall–Kier alpha value is -1.42. The molecular formula is C13H21N3O. The lowest BCUT2D eigenvalue weighted by Gasteiger charge is -2.08. The van der Waals surface area contributed by atoms with Gasteiger partial charge in [-0.3, -0.25) is 9.78 Å². The molecule has 0 radical (unpaired) electrons. The van der Waals surface area contributed by atoms with Gasteiger partial charge >= 0.3 is 0 Å². The number of carbonyl (C=O) groups is 1. The van der Waals surface area contributed by atoms with Crippen LogP contribution >= 0.6 is 0 Å². The van der Waals surface area contributed by atoms with Crippen molar-refractivity contribution in [2.24, 2.45) is 0 Å². The van der Waals surface area contributed by atoms with Crippen molar-refractivity contribution < 1.29 is 4.79 Å². The molecule has 0 aliphatic carbocycles. The first-order chi connectivity index (χ1) is 8.15. The van der Waals surface area contributed by atoms with Gasteiger partial charge in [0.25, 0.3) is 5.91 Å². The van der Waals surface area contributed by atoms with E-state index in [0.717, 1.165) is 30.9 Å². The second-order valence-electron chi connectivity index (χ2n) is 4.09. The Morgan fingerprint density at radius 2 is 2.00 bits per heavy atom. The average Bonchev–Trinajstić information content (AvgIpc) is 2.28. The Bertz CT molecular complexity index is 377. The van der Waals surface area contributed by atoms with Crippen LogP contribution in [0.5, 0.6) is 0 Å². The summed E-state index contributed by atoms with van der Waals surface area (Å²) in [5, 5.41) is 6.11. The van der Waals surface area contributed by atoms with Gasteiger partial charge in [0.05, 0.1) is 11.3 Å². The molecule has 17 heavy (non-hydrogen) atoms. The van der Waals surface area contributed by atoms with E-state index < -0.39 is 0 Å². The number of carbonyl (C=O) groups excluding carboxylic acids is 1. The van der Waals surface area contributed by atoms with Gasteiger partial charge in [0.15, 0.2) is 0 Å². The minimum Gasteiger partial charge on any atom is -0.351 e. The minimum atomic E-state index is -0.0479. The summed E-state index contributed by atoms with van der Waals surface area (Å²) in [7, 11) is 0. The molecule has 2 N–H and O–H groups in total. The van der Waals surface area contributed by atoms with Crippen LogP contribution in [0, 0.1) is 13.8 Å². The van der Waals surface area contributed by atoms with E-state index in [1.54, 1.807) is 0 Å². The molecule has 94 valence electrons. The zero-order chi connectivity index (χ0) is 12.7. The van der Waals surface area contributed by atoms with Crippen LogP contribution in [0.4, 0.5) is 0 Å². The zero-order valence-electron chi connectivity index (χ0n) is 10.8. The predicted molar refractivity (Wildman–Crippen MR) is 69.2 cm³/mol. The summed E-state index contributed by atoms with van der Waals surface area (Å²) in [6, 6.07) is 3.68. The van der Waals surface area contributed by atoms with Crippen molar-refractivity contribution in [3.8, 4) is 0 Å². The van der Waals surface area contributed by atoms with Gasteiger partial charge in [0.2, 0.25) is 0 Å². The number of rotatable bonds is 6. The Kier molecular flexibility index (Phi) is 5.63. The largest absolute Gasteiger partial charge is 0.351 e. The summed E-state index contributed by atoms with van der Waals surface area (Å²) in [6.45, 7) is 8.33. The molecule has 0 aliphatic rings. The van der Waals surface area contributed by atoms with Gasteiger partial charge in [-0.05, 0) is 38.9 Å². The van der Waals surface area contributed by atoms with Crippen molar-refractivity contribution in [2.75, 3.05) is 19.6 Å². The maximum Gasteiger partial charge on any atom is 0.253 e. The Morgan fingerprint density at radius 1 is 1.24 bits per heavy atom. The number of nitrogens with one attached hydrogen (secondary N) is 2. The van der Waals surface area contributed by atoms with Gasteiger partial charge in [-0.1, -0.05) is 6.92 Å². The normalized spacial score (nSPS) is 10.3. The van der Waals surface area contributed by atoms with Crippen molar-refractivity contribution in [1.82, 2.24) is 15.6 Å². The van der Waals surface area contributed by atoms with E-state index in [4.69, 9.17) is 0 Å². The molecule has 0 bridgehead atoms. The number of amides is 1. The Labute approximate surface area is 103 Å². The third kappa shape index (κ3) is 4.53. The molecule has 1 amide bonds. The van der Waals surface area contributed by atoms with E-state index in [1.165, 1.54) is 0 Å². The number of pyridine rings is 1. The lowest BCUT2D eigenvalue weighted by Crippen LogP contribution is -2.32. The van der Waals surface area contributed by atoms with E-state index in [-0.39, 0.29) is 5.91 Å². The summed E-state index contributed by atoms with van der Waals surface area (Å²) < 4.78 is 0. The fraction of sp³-hybridized carbons (Fsp3) is 0.538. The summed E-state index contributed by atoms with van der Waals surface area (Å²) >= 11 is 0. The highest BCUT2D eigenvalue weighted by atomic mass is 16.1. The first kappa shape index (κ1) is 13.6. The van der Waals surface area contributed by atoms with E-state index in [1.807, 2.05) is 26.0 Å². The molecule has 1 heterocycles. The van der Waals surface area contributed by atoms with Gasteiger partial charge in [-0.2, -0.15) is 0 Å². The monoisotopic (exact) mass is 235 g/mol. The van der Waals surface area contributed by atoms with Gasteiger partial charge in [0.1, 0.15) is 0 Å². The standard InChI is InChI=1S/C13H21N3O/c1-4-7-14-8-9-15-13(17)12-6-5-10(2)16-11(12)3/h5-6,14H,4,7-9H2,1-3H3,(H,15,17). The quantitative estimate of drug-likeness (QED) is 0.733. The van der Waals surface area contributed by atoms with Crippen LogP contribution in [0.15, 0.2) is 12.1 Å². The summed E-state index contributed by atoms with van der Waals surface area (Å²) in [5.41, 5.74) is 2.37. The molecule has 0 atom stereocenters. The molecule has 1 rings (SSSR count). The van der Waals surface area contributed by atoms with Crippen molar-refractivity contribution in [2.45, 2.75) is 27.2 Å². The molecule has 4 nitrogen and oxygen atoms in total. The van der Waals surface area contributed by atoms with Crippen LogP contribution < -0.4 is 10.6 Å². The maximum atomic E-state index is 11.8. The lowest BCUT2D eigenvalue weighted by molar-refractivity contribution is 0.0953. The number of nitrogens with zero attached hydrogens (tertiary/aromatic N) is 1. The molecule has 0 aliphatic heterocycles. The summed E-state index contributed by atoms with van der Waals surface area (Å²) in [4.78, 5) is 16.1. The van der Waals surface area contributed by atoms with Crippen molar-refractivity contribution in [3.05, 3.63) is 29.1 Å². The number of hydrogen-bond acceptors (Lipinski definition) is 3. The predicted octanol–water partition coefficient (Wildman–Crippen LogP) is 1.43. The van der Waals surface area contributed by atoms with E-state index in [9.17, 15) is 4.79 Å². The SMILES string of the molecule is CCCNCCNC(=O)c1ccc(C)nc1C. The first-order valence-corrected chi connectivity index (χ1v) is 6.08. The molecule has 0 aromatic carbocycles. The molecule has 0 saturated carbocycles. The van der Waals surface area contributed by atoms with Crippen LogP contribution in [0.1, 0.15) is 35.1 Å². The second-order valence-corrected chi connectivity index (χ2v) is 4.09. The van der Waals surface area contributed by atoms with Crippen molar-refractivity contribution >= 4 is 5.91 Å². The highest BCUT2D eigenvalue weighted by Gasteiger charge is 2.08. The van der Waals surface area contributed by atoms with Crippen LogP contribution in [0.3, 0.4) is 0 Å². The van der Waals surface area contributed by atoms with E-state index in [0.29, 0.717) is 12.1 Å². The average molecular weight is 235 g/mol. The topological polar surface area (TPSA) is 54.0 Å². The molecule has 0 unspecified atom stereocenters. The maximum absolute atomic E-state index is 11.8. The van der Waals surface area contributed by atoms with Gasteiger partial charge in [0, 0.05) is 18.8 Å². The van der Waals surface area contributed by atoms with E-state index in [2.05, 4.69) is 22.5 Å². The van der Waals surface area contributed by atoms with Crippen LogP contribution in [-0.4, -0.2) is 30.5 Å². The molecule has 1 aromatic heterocycles. The van der Waals surface area contributed by atoms with Crippen molar-refractivity contribution in [1.29, 1.82) is 0 Å². The fourth-order valence-electron chi connectivity index (χ4n) is 1.59. The van der Waals surface area contributed by atoms with Crippen molar-refractivity contribution in [3.63, 3.8) is 0 Å². The van der Waals surface area contributed by atoms with E-state index >= 15 is 0 Å². The molecule has 4 heteroatoms. The third-order valence-electron chi connectivity index (χ3n) is 2.48. The lowest BCUT2D eigenvalue weighted by atomic mass is 10.2. The molecule has 0 spiro atoms.